The van der Waals surface area contributed by atoms with Crippen molar-refractivity contribution >= 4 is 27.9 Å². The maximum absolute atomic E-state index is 6.11. The molecular weight excluding hydrogens is 290 g/mol. The van der Waals surface area contributed by atoms with E-state index < -0.39 is 0 Å². The molecule has 4 aromatic heterocycles. The van der Waals surface area contributed by atoms with E-state index in [9.17, 15) is 0 Å². The molecule has 0 aliphatic heterocycles. The summed E-state index contributed by atoms with van der Waals surface area (Å²) in [6, 6.07) is 5.93. The molecule has 0 atom stereocenters. The SMILES string of the molecule is CC(C)(C)n1nc(-c2cc3cccnc3[nH]2)c2c(N)ncnc21. The molecular formula is C16H17N7. The van der Waals surface area contributed by atoms with Crippen LogP contribution in [-0.2, 0) is 5.54 Å². The number of nitrogens with one attached hydrogen (secondary N) is 1. The summed E-state index contributed by atoms with van der Waals surface area (Å²) in [5, 5.41) is 6.54. The van der Waals surface area contributed by atoms with E-state index in [-0.39, 0.29) is 5.54 Å². The van der Waals surface area contributed by atoms with Gasteiger partial charge in [0, 0.05) is 11.6 Å². The number of aromatic nitrogens is 6. The van der Waals surface area contributed by atoms with Gasteiger partial charge in [-0.25, -0.2) is 19.6 Å². The van der Waals surface area contributed by atoms with Gasteiger partial charge in [0.2, 0.25) is 0 Å². The molecule has 116 valence electrons. The molecule has 23 heavy (non-hydrogen) atoms. The van der Waals surface area contributed by atoms with Crippen LogP contribution in [0.25, 0.3) is 33.5 Å². The number of rotatable bonds is 1. The van der Waals surface area contributed by atoms with Crippen molar-refractivity contribution in [2.45, 2.75) is 26.3 Å². The number of nitrogens with zero attached hydrogens (tertiary/aromatic N) is 5. The quantitative estimate of drug-likeness (QED) is 0.563. The summed E-state index contributed by atoms with van der Waals surface area (Å²) in [7, 11) is 0. The van der Waals surface area contributed by atoms with Crippen LogP contribution in [0.2, 0.25) is 0 Å². The molecule has 4 aromatic rings. The van der Waals surface area contributed by atoms with E-state index in [2.05, 4.69) is 40.7 Å². The molecule has 0 amide bonds. The smallest absolute Gasteiger partial charge is 0.164 e. The van der Waals surface area contributed by atoms with Crippen molar-refractivity contribution in [1.82, 2.24) is 29.7 Å². The number of hydrogen-bond donors (Lipinski definition) is 2. The Hall–Kier alpha value is -2.96. The molecule has 4 heterocycles. The molecule has 3 N–H and O–H groups in total. The van der Waals surface area contributed by atoms with Crippen molar-refractivity contribution in [2.75, 3.05) is 5.73 Å². The van der Waals surface area contributed by atoms with E-state index in [1.54, 1.807) is 6.20 Å². The summed E-state index contributed by atoms with van der Waals surface area (Å²) in [4.78, 5) is 16.1. The van der Waals surface area contributed by atoms with Crippen molar-refractivity contribution in [3.8, 4) is 11.4 Å². The van der Waals surface area contributed by atoms with Gasteiger partial charge in [0.05, 0.1) is 16.6 Å². The number of nitrogens with two attached hydrogens (primary N) is 1. The Labute approximate surface area is 132 Å². The normalized spacial score (nSPS) is 12.3. The predicted octanol–water partition coefficient (Wildman–Crippen LogP) is 2.71. The van der Waals surface area contributed by atoms with Gasteiger partial charge in [-0.05, 0) is 39.0 Å². The van der Waals surface area contributed by atoms with Crippen molar-refractivity contribution in [1.29, 1.82) is 0 Å². The highest BCUT2D eigenvalue weighted by atomic mass is 15.3. The van der Waals surface area contributed by atoms with Gasteiger partial charge >= 0.3 is 0 Å². The lowest BCUT2D eigenvalue weighted by molar-refractivity contribution is 0.366. The number of aromatic amines is 1. The topological polar surface area (TPSA) is 98.3 Å². The van der Waals surface area contributed by atoms with Crippen molar-refractivity contribution in [3.63, 3.8) is 0 Å². The average Bonchev–Trinajstić information content (AvgIpc) is 3.08. The Morgan fingerprint density at radius 3 is 2.74 bits per heavy atom. The van der Waals surface area contributed by atoms with Crippen LogP contribution < -0.4 is 5.73 Å². The third kappa shape index (κ3) is 2.04. The zero-order chi connectivity index (χ0) is 16.2. The molecule has 7 nitrogen and oxygen atoms in total. The van der Waals surface area contributed by atoms with Gasteiger partial charge in [-0.2, -0.15) is 5.10 Å². The third-order valence-corrected chi connectivity index (χ3v) is 3.78. The number of anilines is 1. The highest BCUT2D eigenvalue weighted by Gasteiger charge is 2.24. The van der Waals surface area contributed by atoms with Gasteiger partial charge in [-0.15, -0.1) is 0 Å². The Morgan fingerprint density at radius 1 is 1.17 bits per heavy atom. The van der Waals surface area contributed by atoms with Crippen molar-refractivity contribution in [2.24, 2.45) is 0 Å². The van der Waals surface area contributed by atoms with Gasteiger partial charge in [0.15, 0.2) is 5.65 Å². The van der Waals surface area contributed by atoms with Gasteiger partial charge in [-0.3, -0.25) is 0 Å². The second-order valence-electron chi connectivity index (χ2n) is 6.51. The average molecular weight is 307 g/mol. The summed E-state index contributed by atoms with van der Waals surface area (Å²) in [6.07, 6.45) is 3.23. The van der Waals surface area contributed by atoms with Crippen LogP contribution in [0.5, 0.6) is 0 Å². The van der Waals surface area contributed by atoms with Crippen LogP contribution in [0.15, 0.2) is 30.7 Å². The number of pyridine rings is 1. The highest BCUT2D eigenvalue weighted by molar-refractivity contribution is 5.99. The minimum absolute atomic E-state index is 0.221. The summed E-state index contributed by atoms with van der Waals surface area (Å²) >= 11 is 0. The standard InChI is InChI=1S/C16H17N7/c1-16(2,3)23-15-11(13(17)19-8-20-15)12(22-23)10-7-9-5-4-6-18-14(9)21-10/h4-8H,1-3H3,(H,18,21)(H2,17,19,20). The van der Waals surface area contributed by atoms with Gasteiger partial charge in [0.25, 0.3) is 0 Å². The van der Waals surface area contributed by atoms with Crippen molar-refractivity contribution < 1.29 is 0 Å². The Bertz CT molecular complexity index is 987. The minimum atomic E-state index is -0.221. The van der Waals surface area contributed by atoms with E-state index >= 15 is 0 Å². The fourth-order valence-electron chi connectivity index (χ4n) is 2.72. The summed E-state index contributed by atoms with van der Waals surface area (Å²) in [5.74, 6) is 0.423. The van der Waals surface area contributed by atoms with Crippen LogP contribution in [0.4, 0.5) is 5.82 Å². The van der Waals surface area contributed by atoms with E-state index in [0.717, 1.165) is 33.5 Å². The Morgan fingerprint density at radius 2 is 2.00 bits per heavy atom. The van der Waals surface area contributed by atoms with Crippen LogP contribution in [0.1, 0.15) is 20.8 Å². The number of fused-ring (bicyclic) bond motifs is 2. The molecule has 0 aromatic carbocycles. The number of nitrogen functional groups attached to an aromatic ring is 1. The maximum atomic E-state index is 6.11. The first-order valence-corrected chi connectivity index (χ1v) is 7.39. The highest BCUT2D eigenvalue weighted by Crippen LogP contribution is 2.33. The monoisotopic (exact) mass is 307 g/mol. The van der Waals surface area contributed by atoms with Crippen molar-refractivity contribution in [3.05, 3.63) is 30.7 Å². The second kappa shape index (κ2) is 4.52. The molecule has 0 aliphatic carbocycles. The molecule has 0 unspecified atom stereocenters. The fraction of sp³-hybridized carbons (Fsp3) is 0.250. The van der Waals surface area contributed by atoms with E-state index in [1.165, 1.54) is 6.33 Å². The lowest BCUT2D eigenvalue weighted by atomic mass is 10.1. The summed E-state index contributed by atoms with van der Waals surface area (Å²) in [5.41, 5.74) is 9.03. The lowest BCUT2D eigenvalue weighted by Crippen LogP contribution is -2.23. The van der Waals surface area contributed by atoms with Crippen LogP contribution >= 0.6 is 0 Å². The van der Waals surface area contributed by atoms with Crippen LogP contribution in [0, 0.1) is 0 Å². The molecule has 0 fully saturated rings. The first-order chi connectivity index (χ1) is 10.9. The molecule has 0 radical (unpaired) electrons. The predicted molar refractivity (Wildman–Crippen MR) is 89.8 cm³/mol. The van der Waals surface area contributed by atoms with Crippen LogP contribution in [0.3, 0.4) is 0 Å². The van der Waals surface area contributed by atoms with Gasteiger partial charge in [0.1, 0.15) is 23.5 Å². The maximum Gasteiger partial charge on any atom is 0.164 e. The number of H-pyrrole nitrogens is 1. The largest absolute Gasteiger partial charge is 0.383 e. The fourth-order valence-corrected chi connectivity index (χ4v) is 2.72. The summed E-state index contributed by atoms with van der Waals surface area (Å²) < 4.78 is 1.88. The molecule has 7 heteroatoms. The van der Waals surface area contributed by atoms with E-state index in [1.807, 2.05) is 22.9 Å². The zero-order valence-electron chi connectivity index (χ0n) is 13.2. The first-order valence-electron chi connectivity index (χ1n) is 7.39. The number of hydrogen-bond acceptors (Lipinski definition) is 5. The molecule has 0 saturated heterocycles. The van der Waals surface area contributed by atoms with Gasteiger partial charge < -0.3 is 10.7 Å². The van der Waals surface area contributed by atoms with E-state index in [0.29, 0.717) is 5.82 Å². The minimum Gasteiger partial charge on any atom is -0.383 e. The molecule has 0 spiro atoms. The molecule has 0 aliphatic rings. The Balaban J connectivity index is 2.07. The lowest BCUT2D eigenvalue weighted by Gasteiger charge is -2.19. The molecule has 4 rings (SSSR count). The molecule has 0 bridgehead atoms. The van der Waals surface area contributed by atoms with E-state index in [4.69, 9.17) is 10.8 Å². The van der Waals surface area contributed by atoms with Crippen LogP contribution in [-0.4, -0.2) is 29.7 Å². The third-order valence-electron chi connectivity index (χ3n) is 3.78. The summed E-state index contributed by atoms with van der Waals surface area (Å²) in [6.45, 7) is 6.23. The molecule has 0 saturated carbocycles. The van der Waals surface area contributed by atoms with Gasteiger partial charge in [-0.1, -0.05) is 0 Å². The second-order valence-corrected chi connectivity index (χ2v) is 6.51. The Kier molecular flexibility index (Phi) is 2.69. The zero-order valence-corrected chi connectivity index (χ0v) is 13.2. The first kappa shape index (κ1) is 13.7.